The minimum absolute atomic E-state index is 0.0158. The quantitative estimate of drug-likeness (QED) is 0.409. The van der Waals surface area contributed by atoms with E-state index in [1.807, 2.05) is 6.92 Å². The number of aliphatic hydroxyl groups is 1. The predicted octanol–water partition coefficient (Wildman–Crippen LogP) is 5.29. The molecule has 0 saturated carbocycles. The molecule has 1 aliphatic rings. The third kappa shape index (κ3) is 5.19. The standard InChI is InChI=1S/C26H30F3N3O4/c1-14(17-7-5-8-19(24(17)27)26(28,29)13-33)30-25-18-11-23(36-15(2)21-9-6-10-35-21)22(34-4)12-20(18)31-16(3)32-25/h5,7-8,11-12,14-15,21,33H,6,9-10,13H2,1-4H3,(H,30,31,32)/t14-,15?,21-/m1/s1. The van der Waals surface area contributed by atoms with Crippen molar-refractivity contribution in [1.29, 1.82) is 0 Å². The van der Waals surface area contributed by atoms with Crippen LogP contribution in [0.5, 0.6) is 11.5 Å². The van der Waals surface area contributed by atoms with E-state index in [0.29, 0.717) is 40.7 Å². The average Bonchev–Trinajstić information content (AvgIpc) is 3.39. The van der Waals surface area contributed by atoms with Gasteiger partial charge in [0.1, 0.15) is 30.2 Å². The van der Waals surface area contributed by atoms with E-state index in [2.05, 4.69) is 15.3 Å². The summed E-state index contributed by atoms with van der Waals surface area (Å²) in [6, 6.07) is 6.48. The van der Waals surface area contributed by atoms with Crippen LogP contribution in [0.2, 0.25) is 0 Å². The Balaban J connectivity index is 1.70. The summed E-state index contributed by atoms with van der Waals surface area (Å²) in [6.45, 7) is 4.51. The van der Waals surface area contributed by atoms with Gasteiger partial charge in [0.2, 0.25) is 0 Å². The molecule has 4 rings (SSSR count). The van der Waals surface area contributed by atoms with Crippen LogP contribution >= 0.6 is 0 Å². The molecule has 2 N–H and O–H groups in total. The maximum Gasteiger partial charge on any atom is 0.298 e. The summed E-state index contributed by atoms with van der Waals surface area (Å²) in [6.07, 6.45) is 1.65. The van der Waals surface area contributed by atoms with Gasteiger partial charge in [-0.25, -0.2) is 14.4 Å². The molecule has 10 heteroatoms. The van der Waals surface area contributed by atoms with Gasteiger partial charge in [0.05, 0.1) is 30.3 Å². The Kier molecular flexibility index (Phi) is 7.56. The van der Waals surface area contributed by atoms with Gasteiger partial charge in [0.15, 0.2) is 11.5 Å². The van der Waals surface area contributed by atoms with E-state index >= 15 is 4.39 Å². The number of fused-ring (bicyclic) bond motifs is 1. The second-order valence-corrected chi connectivity index (χ2v) is 8.95. The highest BCUT2D eigenvalue weighted by atomic mass is 19.3. The van der Waals surface area contributed by atoms with Crippen molar-refractivity contribution in [3.8, 4) is 11.5 Å². The molecule has 0 aliphatic carbocycles. The van der Waals surface area contributed by atoms with E-state index < -0.39 is 30.0 Å². The second kappa shape index (κ2) is 10.5. The lowest BCUT2D eigenvalue weighted by atomic mass is 10.00. The third-order valence-electron chi connectivity index (χ3n) is 6.34. The van der Waals surface area contributed by atoms with E-state index in [1.165, 1.54) is 19.2 Å². The lowest BCUT2D eigenvalue weighted by Gasteiger charge is -2.23. The molecule has 2 heterocycles. The van der Waals surface area contributed by atoms with Gasteiger partial charge in [-0.05, 0) is 45.7 Å². The molecule has 3 atom stereocenters. The zero-order valence-corrected chi connectivity index (χ0v) is 20.6. The molecule has 0 radical (unpaired) electrons. The smallest absolute Gasteiger partial charge is 0.298 e. The fourth-order valence-electron chi connectivity index (χ4n) is 4.40. The highest BCUT2D eigenvalue weighted by Gasteiger charge is 2.35. The van der Waals surface area contributed by atoms with Crippen molar-refractivity contribution in [3.63, 3.8) is 0 Å². The fraction of sp³-hybridized carbons (Fsp3) is 0.462. The van der Waals surface area contributed by atoms with Crippen LogP contribution in [-0.4, -0.2) is 47.6 Å². The van der Waals surface area contributed by atoms with Gasteiger partial charge in [0.25, 0.3) is 5.92 Å². The number of ether oxygens (including phenoxy) is 3. The normalized spacial score (nSPS) is 17.7. The molecule has 1 aliphatic heterocycles. The summed E-state index contributed by atoms with van der Waals surface area (Å²) in [7, 11) is 1.54. The summed E-state index contributed by atoms with van der Waals surface area (Å²) in [4.78, 5) is 8.97. The highest BCUT2D eigenvalue weighted by Crippen LogP contribution is 2.38. The van der Waals surface area contributed by atoms with Crippen molar-refractivity contribution in [2.24, 2.45) is 0 Å². The Morgan fingerprint density at radius 1 is 1.22 bits per heavy atom. The number of benzene rings is 2. The molecule has 7 nitrogen and oxygen atoms in total. The van der Waals surface area contributed by atoms with Crippen LogP contribution in [0.1, 0.15) is 49.7 Å². The topological polar surface area (TPSA) is 85.7 Å². The number of anilines is 1. The van der Waals surface area contributed by atoms with Gasteiger partial charge in [-0.3, -0.25) is 0 Å². The number of hydrogen-bond acceptors (Lipinski definition) is 7. The van der Waals surface area contributed by atoms with Crippen LogP contribution in [-0.2, 0) is 10.7 Å². The van der Waals surface area contributed by atoms with Crippen LogP contribution in [0.3, 0.4) is 0 Å². The van der Waals surface area contributed by atoms with Crippen molar-refractivity contribution in [2.45, 2.75) is 57.8 Å². The number of aryl methyl sites for hydroxylation is 1. The Labute approximate surface area is 207 Å². The first-order valence-electron chi connectivity index (χ1n) is 11.8. The van der Waals surface area contributed by atoms with Crippen molar-refractivity contribution in [3.05, 3.63) is 53.1 Å². The highest BCUT2D eigenvalue weighted by molar-refractivity contribution is 5.92. The first-order chi connectivity index (χ1) is 17.1. The maximum atomic E-state index is 15.0. The molecule has 2 aromatic carbocycles. The van der Waals surface area contributed by atoms with Crippen LogP contribution in [0, 0.1) is 12.7 Å². The minimum atomic E-state index is -3.69. The molecular formula is C26H30F3N3O4. The summed E-state index contributed by atoms with van der Waals surface area (Å²) >= 11 is 0. The second-order valence-electron chi connectivity index (χ2n) is 8.95. The van der Waals surface area contributed by atoms with Crippen molar-refractivity contribution in [1.82, 2.24) is 9.97 Å². The monoisotopic (exact) mass is 505 g/mol. The van der Waals surface area contributed by atoms with Crippen LogP contribution < -0.4 is 14.8 Å². The van der Waals surface area contributed by atoms with Crippen molar-refractivity contribution in [2.75, 3.05) is 25.6 Å². The molecule has 1 saturated heterocycles. The molecule has 1 aromatic heterocycles. The lowest BCUT2D eigenvalue weighted by Crippen LogP contribution is -2.28. The van der Waals surface area contributed by atoms with Gasteiger partial charge in [-0.1, -0.05) is 12.1 Å². The number of nitrogens with one attached hydrogen (secondary N) is 1. The number of nitrogens with zero attached hydrogens (tertiary/aromatic N) is 2. The minimum Gasteiger partial charge on any atom is -0.493 e. The molecule has 0 spiro atoms. The van der Waals surface area contributed by atoms with Gasteiger partial charge < -0.3 is 24.6 Å². The zero-order valence-electron chi connectivity index (χ0n) is 20.6. The molecule has 3 aromatic rings. The van der Waals surface area contributed by atoms with Gasteiger partial charge in [-0.15, -0.1) is 0 Å². The summed E-state index contributed by atoms with van der Waals surface area (Å²) in [5.41, 5.74) is -0.266. The molecule has 0 bridgehead atoms. The number of halogens is 3. The Hall–Kier alpha value is -3.11. The largest absolute Gasteiger partial charge is 0.493 e. The number of rotatable bonds is 9. The van der Waals surface area contributed by atoms with E-state index in [0.717, 1.165) is 18.9 Å². The number of alkyl halides is 2. The molecular weight excluding hydrogens is 475 g/mol. The Morgan fingerprint density at radius 2 is 2.00 bits per heavy atom. The molecule has 194 valence electrons. The summed E-state index contributed by atoms with van der Waals surface area (Å²) in [5.74, 6) is -2.95. The van der Waals surface area contributed by atoms with E-state index in [1.54, 1.807) is 26.0 Å². The van der Waals surface area contributed by atoms with Gasteiger partial charge in [0, 0.05) is 23.6 Å². The summed E-state index contributed by atoms with van der Waals surface area (Å²) < 4.78 is 60.6. The van der Waals surface area contributed by atoms with Crippen molar-refractivity contribution < 1.29 is 32.5 Å². The number of aliphatic hydroxyl groups excluding tert-OH is 1. The van der Waals surface area contributed by atoms with Gasteiger partial charge >= 0.3 is 0 Å². The first-order valence-corrected chi connectivity index (χ1v) is 11.8. The molecule has 1 fully saturated rings. The predicted molar refractivity (Wildman–Crippen MR) is 129 cm³/mol. The number of methoxy groups -OCH3 is 1. The maximum absolute atomic E-state index is 15.0. The zero-order chi connectivity index (χ0) is 26.0. The number of aromatic nitrogens is 2. The Bertz CT molecular complexity index is 1230. The Morgan fingerprint density at radius 3 is 2.67 bits per heavy atom. The van der Waals surface area contributed by atoms with Crippen LogP contribution in [0.4, 0.5) is 19.0 Å². The van der Waals surface area contributed by atoms with E-state index in [4.69, 9.17) is 19.3 Å². The average molecular weight is 506 g/mol. The third-order valence-corrected chi connectivity index (χ3v) is 6.34. The van der Waals surface area contributed by atoms with E-state index in [9.17, 15) is 8.78 Å². The molecule has 0 amide bonds. The van der Waals surface area contributed by atoms with Crippen LogP contribution in [0.15, 0.2) is 30.3 Å². The SMILES string of the molecule is COc1cc2nc(C)nc(N[C@H](C)c3cccc(C(F)(F)CO)c3F)c2cc1OC(C)[C@H]1CCCO1. The fourth-order valence-corrected chi connectivity index (χ4v) is 4.40. The lowest BCUT2D eigenvalue weighted by molar-refractivity contribution is -0.0583. The first kappa shape index (κ1) is 26.0. The van der Waals surface area contributed by atoms with Gasteiger partial charge in [-0.2, -0.15) is 8.78 Å². The number of hydrogen-bond donors (Lipinski definition) is 2. The summed E-state index contributed by atoms with van der Waals surface area (Å²) in [5, 5.41) is 12.7. The van der Waals surface area contributed by atoms with E-state index in [-0.39, 0.29) is 17.8 Å². The van der Waals surface area contributed by atoms with Crippen LogP contribution in [0.25, 0.3) is 10.9 Å². The van der Waals surface area contributed by atoms with Crippen molar-refractivity contribution >= 4 is 16.7 Å². The molecule has 1 unspecified atom stereocenters. The molecule has 36 heavy (non-hydrogen) atoms.